The number of benzene rings is 2. The summed E-state index contributed by atoms with van der Waals surface area (Å²) < 4.78 is 27.3. The molecule has 0 unspecified atom stereocenters. The molecule has 2 rings (SSSR count). The van der Waals surface area contributed by atoms with Gasteiger partial charge in [0, 0.05) is 0 Å². The van der Waals surface area contributed by atoms with Gasteiger partial charge >= 0.3 is 0 Å². The third-order valence-corrected chi connectivity index (χ3v) is 4.90. The number of halogens is 1. The molecule has 0 amide bonds. The number of anilines is 1. The highest BCUT2D eigenvalue weighted by atomic mass is 35.5. The lowest BCUT2D eigenvalue weighted by atomic mass is 10.1. The number of aryl methyl sites for hydroxylation is 1. The van der Waals surface area contributed by atoms with E-state index in [0.717, 1.165) is 11.1 Å². The third-order valence-electron chi connectivity index (χ3n) is 3.22. The largest absolute Gasteiger partial charge is 0.279 e. The van der Waals surface area contributed by atoms with Gasteiger partial charge in [-0.3, -0.25) is 4.72 Å². The summed E-state index contributed by atoms with van der Waals surface area (Å²) in [5, 5.41) is 8.93. The lowest BCUT2D eigenvalue weighted by Crippen LogP contribution is -2.14. The zero-order valence-corrected chi connectivity index (χ0v) is 13.1. The normalized spacial score (nSPS) is 11.0. The summed E-state index contributed by atoms with van der Waals surface area (Å²) in [4.78, 5) is 0.0207. The van der Waals surface area contributed by atoms with Gasteiger partial charge in [-0.2, -0.15) is 5.26 Å². The van der Waals surface area contributed by atoms with Crippen molar-refractivity contribution in [2.75, 3.05) is 4.72 Å². The predicted octanol–water partition coefficient (Wildman–Crippen LogP) is 3.63. The first-order chi connectivity index (χ1) is 9.85. The first-order valence-electron chi connectivity index (χ1n) is 6.14. The molecule has 0 aromatic heterocycles. The van der Waals surface area contributed by atoms with E-state index >= 15 is 0 Å². The third kappa shape index (κ3) is 3.18. The Bertz CT molecular complexity index is 839. The molecule has 2 aromatic rings. The highest BCUT2D eigenvalue weighted by Crippen LogP contribution is 2.24. The van der Waals surface area contributed by atoms with Gasteiger partial charge in [0.1, 0.15) is 6.07 Å². The van der Waals surface area contributed by atoms with Crippen molar-refractivity contribution in [1.82, 2.24) is 0 Å². The zero-order valence-electron chi connectivity index (χ0n) is 11.5. The molecule has 0 spiro atoms. The number of hydrogen-bond donors (Lipinski definition) is 1. The average molecular weight is 321 g/mol. The topological polar surface area (TPSA) is 70.0 Å². The van der Waals surface area contributed by atoms with Crippen molar-refractivity contribution in [3.05, 3.63) is 58.1 Å². The van der Waals surface area contributed by atoms with Crippen LogP contribution < -0.4 is 4.72 Å². The van der Waals surface area contributed by atoms with Crippen LogP contribution in [0.2, 0.25) is 5.02 Å². The molecule has 0 saturated heterocycles. The van der Waals surface area contributed by atoms with E-state index in [0.29, 0.717) is 5.69 Å². The van der Waals surface area contributed by atoms with Gasteiger partial charge in [-0.1, -0.05) is 23.7 Å². The molecule has 108 valence electrons. The second kappa shape index (κ2) is 5.76. The lowest BCUT2D eigenvalue weighted by molar-refractivity contribution is 0.601. The molecular formula is C15H13ClN2O2S. The van der Waals surface area contributed by atoms with E-state index in [1.165, 1.54) is 18.2 Å². The van der Waals surface area contributed by atoms with Crippen LogP contribution in [0.15, 0.2) is 41.3 Å². The van der Waals surface area contributed by atoms with E-state index in [4.69, 9.17) is 16.9 Å². The van der Waals surface area contributed by atoms with Crippen molar-refractivity contribution < 1.29 is 8.42 Å². The Labute approximate surface area is 129 Å². The summed E-state index contributed by atoms with van der Waals surface area (Å²) in [7, 11) is -3.74. The second-order valence-electron chi connectivity index (χ2n) is 4.61. The molecule has 0 radical (unpaired) electrons. The van der Waals surface area contributed by atoms with Gasteiger partial charge in [0.2, 0.25) is 0 Å². The monoisotopic (exact) mass is 320 g/mol. The number of nitrogens with zero attached hydrogens (tertiary/aromatic N) is 1. The second-order valence-corrected chi connectivity index (χ2v) is 6.70. The highest BCUT2D eigenvalue weighted by molar-refractivity contribution is 7.92. The van der Waals surface area contributed by atoms with Crippen molar-refractivity contribution in [2.45, 2.75) is 18.7 Å². The van der Waals surface area contributed by atoms with E-state index in [2.05, 4.69) is 4.72 Å². The molecule has 0 bridgehead atoms. The fraction of sp³-hybridized carbons (Fsp3) is 0.133. The van der Waals surface area contributed by atoms with Gasteiger partial charge in [0.15, 0.2) is 0 Å². The van der Waals surface area contributed by atoms with Crippen molar-refractivity contribution in [2.24, 2.45) is 0 Å². The van der Waals surface area contributed by atoms with Crippen molar-refractivity contribution in [3.8, 4) is 6.07 Å². The summed E-state index contributed by atoms with van der Waals surface area (Å²) in [5.74, 6) is 0. The number of rotatable bonds is 3. The smallest absolute Gasteiger partial charge is 0.261 e. The minimum absolute atomic E-state index is 0.0207. The van der Waals surface area contributed by atoms with Crippen LogP contribution in [0.3, 0.4) is 0 Å². The molecule has 0 aliphatic heterocycles. The van der Waals surface area contributed by atoms with Gasteiger partial charge in [-0.15, -0.1) is 0 Å². The number of sulfonamides is 1. The summed E-state index contributed by atoms with van der Waals surface area (Å²) in [5.41, 5.74) is 2.62. The van der Waals surface area contributed by atoms with Crippen LogP contribution in [0.1, 0.15) is 16.7 Å². The van der Waals surface area contributed by atoms with Crippen molar-refractivity contribution in [1.29, 1.82) is 5.26 Å². The minimum atomic E-state index is -3.74. The number of nitrogens with one attached hydrogen (secondary N) is 1. The molecule has 0 fully saturated rings. The zero-order chi connectivity index (χ0) is 15.6. The minimum Gasteiger partial charge on any atom is -0.279 e. The first-order valence-corrected chi connectivity index (χ1v) is 8.00. The van der Waals surface area contributed by atoms with Crippen LogP contribution in [0, 0.1) is 25.2 Å². The molecule has 4 nitrogen and oxygen atoms in total. The fourth-order valence-corrected chi connectivity index (χ4v) is 3.26. The molecule has 1 N–H and O–H groups in total. The Morgan fingerprint density at radius 3 is 2.52 bits per heavy atom. The number of nitriles is 1. The van der Waals surface area contributed by atoms with E-state index in [1.54, 1.807) is 12.1 Å². The Balaban J connectivity index is 2.41. The molecular weight excluding hydrogens is 308 g/mol. The van der Waals surface area contributed by atoms with Gasteiger partial charge in [-0.25, -0.2) is 8.42 Å². The summed E-state index contributed by atoms with van der Waals surface area (Å²) >= 11 is 5.88. The lowest BCUT2D eigenvalue weighted by Gasteiger charge is -2.12. The molecule has 6 heteroatoms. The van der Waals surface area contributed by atoms with Crippen LogP contribution in [-0.2, 0) is 10.0 Å². The molecule has 0 heterocycles. The van der Waals surface area contributed by atoms with Crippen molar-refractivity contribution in [3.63, 3.8) is 0 Å². The van der Waals surface area contributed by atoms with Gasteiger partial charge < -0.3 is 0 Å². The average Bonchev–Trinajstić information content (AvgIpc) is 2.43. The fourth-order valence-electron chi connectivity index (χ4n) is 1.82. The highest BCUT2D eigenvalue weighted by Gasteiger charge is 2.17. The quantitative estimate of drug-likeness (QED) is 0.938. The summed E-state index contributed by atoms with van der Waals surface area (Å²) in [6.07, 6.45) is 0. The van der Waals surface area contributed by atoms with Crippen molar-refractivity contribution >= 4 is 27.3 Å². The van der Waals surface area contributed by atoms with Crippen LogP contribution in [0.5, 0.6) is 0 Å². The molecule has 0 aliphatic rings. The Hall–Kier alpha value is -2.03. The maximum absolute atomic E-state index is 12.4. The molecule has 21 heavy (non-hydrogen) atoms. The van der Waals surface area contributed by atoms with Crippen LogP contribution in [0.4, 0.5) is 5.69 Å². The Kier molecular flexibility index (Phi) is 4.21. The van der Waals surface area contributed by atoms with Crippen LogP contribution in [-0.4, -0.2) is 8.42 Å². The number of hydrogen-bond acceptors (Lipinski definition) is 3. The Morgan fingerprint density at radius 2 is 1.90 bits per heavy atom. The van der Waals surface area contributed by atoms with Crippen LogP contribution >= 0.6 is 11.6 Å². The SMILES string of the molecule is Cc1cccc(NS(=O)(=O)c2ccc(C#N)c(Cl)c2)c1C. The van der Waals surface area contributed by atoms with Gasteiger partial charge in [0.25, 0.3) is 10.0 Å². The molecule has 2 aromatic carbocycles. The summed E-state index contributed by atoms with van der Waals surface area (Å²) in [6.45, 7) is 3.75. The van der Waals surface area contributed by atoms with E-state index in [1.807, 2.05) is 26.0 Å². The van der Waals surface area contributed by atoms with E-state index in [9.17, 15) is 8.42 Å². The van der Waals surface area contributed by atoms with Crippen LogP contribution in [0.25, 0.3) is 0 Å². The first kappa shape index (κ1) is 15.4. The van der Waals surface area contributed by atoms with Gasteiger partial charge in [-0.05, 0) is 49.2 Å². The van der Waals surface area contributed by atoms with E-state index < -0.39 is 10.0 Å². The van der Waals surface area contributed by atoms with Gasteiger partial charge in [0.05, 0.1) is 21.2 Å². The maximum Gasteiger partial charge on any atom is 0.261 e. The predicted molar refractivity (Wildman–Crippen MR) is 82.9 cm³/mol. The van der Waals surface area contributed by atoms with E-state index in [-0.39, 0.29) is 15.5 Å². The maximum atomic E-state index is 12.4. The Morgan fingerprint density at radius 1 is 1.19 bits per heavy atom. The molecule has 0 saturated carbocycles. The summed E-state index contributed by atoms with van der Waals surface area (Å²) in [6, 6.07) is 11.3. The standard InChI is InChI=1S/C15H13ClN2O2S/c1-10-4-3-5-15(11(10)2)18-21(19,20)13-7-6-12(9-17)14(16)8-13/h3-8,18H,1-2H3. The molecule has 0 atom stereocenters. The molecule has 0 aliphatic carbocycles.